The summed E-state index contributed by atoms with van der Waals surface area (Å²) in [7, 11) is 0. The minimum atomic E-state index is -1.00. The van der Waals surface area contributed by atoms with Gasteiger partial charge in [0.05, 0.1) is 0 Å². The fourth-order valence-electron chi connectivity index (χ4n) is 0.0781. The van der Waals surface area contributed by atoms with Crippen molar-refractivity contribution in [2.24, 2.45) is 11.5 Å². The van der Waals surface area contributed by atoms with Gasteiger partial charge in [0, 0.05) is 5.75 Å². The van der Waals surface area contributed by atoms with Gasteiger partial charge in [0.15, 0.2) is 0 Å². The molecule has 0 amide bonds. The Morgan fingerprint density at radius 1 is 1.31 bits per heavy atom. The molecule has 0 saturated carbocycles. The number of hydrogen-bond donors (Lipinski definition) is 5. The first-order valence-electron chi connectivity index (χ1n) is 3.40. The highest BCUT2D eigenvalue weighted by molar-refractivity contribution is 7.80. The van der Waals surface area contributed by atoms with Crippen molar-refractivity contribution in [3.8, 4) is 0 Å². The van der Waals surface area contributed by atoms with Crippen LogP contribution in [0.2, 0.25) is 0 Å². The summed E-state index contributed by atoms with van der Waals surface area (Å²) in [4.78, 5) is 19.3. The number of carboxylic acids is 2. The van der Waals surface area contributed by atoms with Gasteiger partial charge in [0.2, 0.25) is 0 Å². The maximum absolute atomic E-state index is 9.76. The van der Waals surface area contributed by atoms with Crippen LogP contribution < -0.4 is 11.5 Å². The fraction of sp³-hybridized carbons (Fsp3) is 0.667. The van der Waals surface area contributed by atoms with Gasteiger partial charge in [-0.1, -0.05) is 0 Å². The molecular weight excluding hydrogens is 196 g/mol. The third kappa shape index (κ3) is 11.2. The van der Waals surface area contributed by atoms with Gasteiger partial charge in [0.1, 0.15) is 12.1 Å². The first-order valence-corrected chi connectivity index (χ1v) is 4.03. The van der Waals surface area contributed by atoms with Crippen molar-refractivity contribution >= 4 is 24.6 Å². The van der Waals surface area contributed by atoms with Gasteiger partial charge >= 0.3 is 11.9 Å². The summed E-state index contributed by atoms with van der Waals surface area (Å²) in [5.74, 6) is -1.78. The summed E-state index contributed by atoms with van der Waals surface area (Å²) in [6.07, 6.45) is 0. The molecule has 0 heterocycles. The number of nitrogens with two attached hydrogens (primary N) is 2. The van der Waals surface area contributed by atoms with Crippen molar-refractivity contribution in [3.63, 3.8) is 0 Å². The summed E-state index contributed by atoms with van der Waals surface area (Å²) in [5.41, 5.74) is 9.78. The van der Waals surface area contributed by atoms with E-state index >= 15 is 0 Å². The van der Waals surface area contributed by atoms with Crippen molar-refractivity contribution in [2.45, 2.75) is 19.0 Å². The zero-order valence-corrected chi connectivity index (χ0v) is 8.07. The van der Waals surface area contributed by atoms with Crippen molar-refractivity contribution in [2.75, 3.05) is 5.75 Å². The van der Waals surface area contributed by atoms with Gasteiger partial charge in [-0.25, -0.2) is 0 Å². The van der Waals surface area contributed by atoms with E-state index in [2.05, 4.69) is 12.6 Å². The van der Waals surface area contributed by atoms with Gasteiger partial charge in [-0.3, -0.25) is 9.59 Å². The van der Waals surface area contributed by atoms with Crippen LogP contribution in [0.3, 0.4) is 0 Å². The lowest BCUT2D eigenvalue weighted by Crippen LogP contribution is -2.31. The highest BCUT2D eigenvalue weighted by Gasteiger charge is 2.06. The summed E-state index contributed by atoms with van der Waals surface area (Å²) in [5, 5.41) is 15.9. The van der Waals surface area contributed by atoms with E-state index in [1.165, 1.54) is 6.92 Å². The molecule has 0 radical (unpaired) electrons. The molecule has 6 N–H and O–H groups in total. The molecule has 6 nitrogen and oxygen atoms in total. The normalized spacial score (nSPS) is 13.5. The second-order valence-corrected chi connectivity index (χ2v) is 2.62. The summed E-state index contributed by atoms with van der Waals surface area (Å²) < 4.78 is 0. The third-order valence-corrected chi connectivity index (χ3v) is 1.30. The number of hydrogen-bond acceptors (Lipinski definition) is 5. The minimum absolute atomic E-state index is 0.190. The Kier molecular flexibility index (Phi) is 8.87. The molecule has 13 heavy (non-hydrogen) atoms. The average molecular weight is 210 g/mol. The standard InChI is InChI=1S/C3H7NO2S.C3H7NO2/c4-2(1-7)3(5)6;1-2(4)3(5)6/h2,7H,1,4H2,(H,5,6);2H,4H2,1H3,(H,5,6)/t2*2-/m00/s1. The summed E-state index contributed by atoms with van der Waals surface area (Å²) in [6.45, 7) is 1.42. The topological polar surface area (TPSA) is 127 Å². The zero-order valence-electron chi connectivity index (χ0n) is 7.17. The lowest BCUT2D eigenvalue weighted by atomic mass is 10.4. The van der Waals surface area contributed by atoms with Crippen LogP contribution in [0.5, 0.6) is 0 Å². The van der Waals surface area contributed by atoms with Gasteiger partial charge < -0.3 is 21.7 Å². The quantitative estimate of drug-likeness (QED) is 0.370. The van der Waals surface area contributed by atoms with E-state index < -0.39 is 24.0 Å². The maximum atomic E-state index is 9.76. The zero-order chi connectivity index (χ0) is 11.0. The van der Waals surface area contributed by atoms with Crippen LogP contribution in [0.15, 0.2) is 0 Å². The monoisotopic (exact) mass is 210 g/mol. The second-order valence-electron chi connectivity index (χ2n) is 2.25. The number of carboxylic acid groups (broad SMARTS) is 2. The molecule has 0 rings (SSSR count). The van der Waals surface area contributed by atoms with E-state index in [0.717, 1.165) is 0 Å². The predicted octanol–water partition coefficient (Wildman–Crippen LogP) is -1.25. The molecule has 0 aromatic rings. The first kappa shape index (κ1) is 14.7. The first-order chi connectivity index (χ1) is 5.82. The van der Waals surface area contributed by atoms with E-state index in [4.69, 9.17) is 21.7 Å². The van der Waals surface area contributed by atoms with Gasteiger partial charge in [-0.05, 0) is 6.92 Å². The summed E-state index contributed by atoms with van der Waals surface area (Å²) in [6, 6.07) is -1.55. The summed E-state index contributed by atoms with van der Waals surface area (Å²) >= 11 is 3.65. The van der Waals surface area contributed by atoms with Crippen molar-refractivity contribution in [3.05, 3.63) is 0 Å². The molecular formula is C6H14N2O4S. The molecule has 0 aromatic heterocycles. The van der Waals surface area contributed by atoms with Crippen LogP contribution in [-0.2, 0) is 9.59 Å². The van der Waals surface area contributed by atoms with Gasteiger partial charge in [0.25, 0.3) is 0 Å². The lowest BCUT2D eigenvalue weighted by Gasteiger charge is -1.96. The fourth-order valence-corrected chi connectivity index (χ4v) is 0.234. The number of thiol groups is 1. The molecule has 0 bridgehead atoms. The van der Waals surface area contributed by atoms with Crippen LogP contribution in [0, 0.1) is 0 Å². The SMILES string of the molecule is C[C@H](N)C(=O)O.N[C@@H](CS)C(=O)O. The molecule has 0 unspecified atom stereocenters. The molecule has 7 heteroatoms. The largest absolute Gasteiger partial charge is 0.480 e. The van der Waals surface area contributed by atoms with Crippen LogP contribution in [0.4, 0.5) is 0 Å². The van der Waals surface area contributed by atoms with Crippen molar-refractivity contribution in [1.82, 2.24) is 0 Å². The molecule has 0 spiro atoms. The Labute approximate surface area is 81.3 Å². The predicted molar refractivity (Wildman–Crippen MR) is 50.7 cm³/mol. The Balaban J connectivity index is 0. The van der Waals surface area contributed by atoms with E-state index in [-0.39, 0.29) is 5.75 Å². The molecule has 2 atom stereocenters. The van der Waals surface area contributed by atoms with Crippen LogP contribution in [0.1, 0.15) is 6.92 Å². The molecule has 0 aromatic carbocycles. The van der Waals surface area contributed by atoms with E-state index in [1.807, 2.05) is 0 Å². The van der Waals surface area contributed by atoms with Crippen molar-refractivity contribution in [1.29, 1.82) is 0 Å². The third-order valence-electron chi connectivity index (χ3n) is 0.903. The Hall–Kier alpha value is -0.790. The molecule has 0 saturated heterocycles. The second kappa shape index (κ2) is 7.84. The van der Waals surface area contributed by atoms with E-state index in [1.54, 1.807) is 0 Å². The van der Waals surface area contributed by atoms with Crippen LogP contribution in [-0.4, -0.2) is 40.0 Å². The van der Waals surface area contributed by atoms with Gasteiger partial charge in [-0.15, -0.1) is 0 Å². The van der Waals surface area contributed by atoms with Crippen LogP contribution >= 0.6 is 12.6 Å². The number of aliphatic carboxylic acids is 2. The van der Waals surface area contributed by atoms with Crippen LogP contribution in [0.25, 0.3) is 0 Å². The number of carbonyl (C=O) groups is 2. The Morgan fingerprint density at radius 2 is 1.62 bits per heavy atom. The average Bonchev–Trinajstić information content (AvgIpc) is 2.03. The molecule has 0 aliphatic rings. The highest BCUT2D eigenvalue weighted by atomic mass is 32.1. The van der Waals surface area contributed by atoms with E-state index in [0.29, 0.717) is 0 Å². The van der Waals surface area contributed by atoms with Crippen molar-refractivity contribution < 1.29 is 19.8 Å². The minimum Gasteiger partial charge on any atom is -0.480 e. The smallest absolute Gasteiger partial charge is 0.321 e. The maximum Gasteiger partial charge on any atom is 0.321 e. The van der Waals surface area contributed by atoms with E-state index in [9.17, 15) is 9.59 Å². The molecule has 78 valence electrons. The molecule has 0 aliphatic heterocycles. The highest BCUT2D eigenvalue weighted by Crippen LogP contribution is 1.80. The lowest BCUT2D eigenvalue weighted by molar-refractivity contribution is -0.138. The Morgan fingerprint density at radius 3 is 1.62 bits per heavy atom. The number of rotatable bonds is 3. The molecule has 0 fully saturated rings. The Bertz CT molecular complexity index is 174. The van der Waals surface area contributed by atoms with Gasteiger partial charge in [-0.2, -0.15) is 12.6 Å². The molecule has 0 aliphatic carbocycles.